The lowest BCUT2D eigenvalue weighted by Gasteiger charge is -2.47. The van der Waals surface area contributed by atoms with Crippen LogP contribution in [0.1, 0.15) is 28.2 Å². The third-order valence-corrected chi connectivity index (χ3v) is 5.88. The van der Waals surface area contributed by atoms with E-state index >= 15 is 0 Å². The van der Waals surface area contributed by atoms with Gasteiger partial charge in [0.1, 0.15) is 22.9 Å². The molecule has 2 aromatic rings. The fourth-order valence-electron chi connectivity index (χ4n) is 3.66. The van der Waals surface area contributed by atoms with Gasteiger partial charge in [-0.25, -0.2) is 4.39 Å². The molecule has 0 radical (unpaired) electrons. The molecule has 1 unspecified atom stereocenters. The van der Waals surface area contributed by atoms with E-state index in [0.29, 0.717) is 35.9 Å². The van der Waals surface area contributed by atoms with Crippen LogP contribution in [0.25, 0.3) is 0 Å². The summed E-state index contributed by atoms with van der Waals surface area (Å²) in [6.45, 7) is 3.07. The first-order valence-electron chi connectivity index (χ1n) is 8.76. The number of piperidine rings is 1. The van der Waals surface area contributed by atoms with Crippen molar-refractivity contribution < 1.29 is 18.7 Å². The van der Waals surface area contributed by atoms with Gasteiger partial charge in [-0.3, -0.25) is 9.59 Å². The minimum atomic E-state index is -0.623. The zero-order chi connectivity index (χ0) is 19.0. The summed E-state index contributed by atoms with van der Waals surface area (Å²) in [5.74, 6) is -0.620. The number of amides is 2. The Balaban J connectivity index is 1.55. The molecule has 2 saturated heterocycles. The number of aromatic nitrogens is 2. The first-order valence-corrected chi connectivity index (χ1v) is 9.53. The van der Waals surface area contributed by atoms with Crippen LogP contribution in [0.4, 0.5) is 10.1 Å². The first-order chi connectivity index (χ1) is 13.0. The van der Waals surface area contributed by atoms with Crippen molar-refractivity contribution in [2.24, 2.45) is 0 Å². The Morgan fingerprint density at radius 1 is 1.30 bits per heavy atom. The highest BCUT2D eigenvalue weighted by atomic mass is 32.1. The van der Waals surface area contributed by atoms with Crippen molar-refractivity contribution in [2.45, 2.75) is 25.4 Å². The van der Waals surface area contributed by atoms with Gasteiger partial charge in [-0.1, -0.05) is 4.49 Å². The standard InChI is InChI=1S/C18H19FN4O3S/c1-12-16(27-21-20-12)17(25)22-8-2-7-18(10-22)11-23(15(24)9-26-18)14-5-3-13(19)4-6-14/h3-6H,2,7-11H2,1H3. The number of carbonyl (C=O) groups excluding carboxylic acids is 2. The molecular formula is C18H19FN4O3S. The number of benzene rings is 1. The quantitative estimate of drug-likeness (QED) is 0.784. The highest BCUT2D eigenvalue weighted by Crippen LogP contribution is 2.32. The molecule has 1 aromatic heterocycles. The molecule has 1 atom stereocenters. The van der Waals surface area contributed by atoms with Crippen molar-refractivity contribution in [2.75, 3.05) is 31.1 Å². The van der Waals surface area contributed by atoms with Crippen molar-refractivity contribution in [3.05, 3.63) is 40.7 Å². The summed E-state index contributed by atoms with van der Waals surface area (Å²) in [7, 11) is 0. The number of aryl methyl sites for hydroxylation is 1. The van der Waals surface area contributed by atoms with Crippen molar-refractivity contribution in [3.8, 4) is 0 Å². The average Bonchev–Trinajstić information content (AvgIpc) is 3.10. The lowest BCUT2D eigenvalue weighted by Crippen LogP contribution is -2.62. The van der Waals surface area contributed by atoms with E-state index in [9.17, 15) is 14.0 Å². The van der Waals surface area contributed by atoms with Crippen LogP contribution in [0.2, 0.25) is 0 Å². The molecule has 2 aliphatic heterocycles. The van der Waals surface area contributed by atoms with Gasteiger partial charge in [0.15, 0.2) is 0 Å². The number of anilines is 1. The summed E-state index contributed by atoms with van der Waals surface area (Å²) in [4.78, 5) is 29.1. The van der Waals surface area contributed by atoms with Crippen molar-refractivity contribution in [3.63, 3.8) is 0 Å². The summed E-state index contributed by atoms with van der Waals surface area (Å²) in [6, 6.07) is 5.84. The Morgan fingerprint density at radius 2 is 2.07 bits per heavy atom. The topological polar surface area (TPSA) is 75.6 Å². The molecule has 2 aliphatic rings. The number of likely N-dealkylation sites (tertiary alicyclic amines) is 1. The van der Waals surface area contributed by atoms with E-state index in [1.165, 1.54) is 12.1 Å². The van der Waals surface area contributed by atoms with E-state index in [1.807, 2.05) is 0 Å². The number of hydrogen-bond acceptors (Lipinski definition) is 6. The van der Waals surface area contributed by atoms with Crippen molar-refractivity contribution in [1.29, 1.82) is 0 Å². The largest absolute Gasteiger partial charge is 0.361 e. The zero-order valence-corrected chi connectivity index (χ0v) is 15.7. The summed E-state index contributed by atoms with van der Waals surface area (Å²) in [5, 5.41) is 3.91. The second-order valence-electron chi connectivity index (χ2n) is 6.95. The maximum Gasteiger partial charge on any atom is 0.267 e. The van der Waals surface area contributed by atoms with Gasteiger partial charge < -0.3 is 14.5 Å². The molecule has 0 saturated carbocycles. The van der Waals surface area contributed by atoms with Crippen LogP contribution in [0, 0.1) is 12.7 Å². The fourth-order valence-corrected chi connectivity index (χ4v) is 4.29. The Kier molecular flexibility index (Phi) is 4.65. The lowest BCUT2D eigenvalue weighted by atomic mass is 9.90. The lowest BCUT2D eigenvalue weighted by molar-refractivity contribution is -0.144. The maximum atomic E-state index is 13.2. The van der Waals surface area contributed by atoms with Gasteiger partial charge in [-0.05, 0) is 55.6 Å². The van der Waals surface area contributed by atoms with E-state index < -0.39 is 5.60 Å². The van der Waals surface area contributed by atoms with Crippen molar-refractivity contribution >= 4 is 29.0 Å². The molecule has 9 heteroatoms. The third-order valence-electron chi connectivity index (χ3n) is 5.06. The van der Waals surface area contributed by atoms with Gasteiger partial charge in [0.2, 0.25) is 0 Å². The number of nitrogens with zero attached hydrogens (tertiary/aromatic N) is 4. The summed E-state index contributed by atoms with van der Waals surface area (Å²) < 4.78 is 23.0. The molecule has 0 aliphatic carbocycles. The van der Waals surface area contributed by atoms with Crippen LogP contribution in [-0.4, -0.2) is 58.1 Å². The summed E-state index contributed by atoms with van der Waals surface area (Å²) >= 11 is 1.09. The van der Waals surface area contributed by atoms with Crippen LogP contribution in [0.15, 0.2) is 24.3 Å². The average molecular weight is 390 g/mol. The third kappa shape index (κ3) is 3.44. The van der Waals surface area contributed by atoms with E-state index in [1.54, 1.807) is 28.9 Å². The molecule has 1 aromatic carbocycles. The Labute approximate surface area is 159 Å². The molecule has 0 bridgehead atoms. The van der Waals surface area contributed by atoms with E-state index in [0.717, 1.165) is 24.4 Å². The van der Waals surface area contributed by atoms with Gasteiger partial charge in [-0.15, -0.1) is 5.10 Å². The molecule has 2 amide bonds. The number of rotatable bonds is 2. The molecule has 7 nitrogen and oxygen atoms in total. The van der Waals surface area contributed by atoms with E-state index in [4.69, 9.17) is 4.74 Å². The highest BCUT2D eigenvalue weighted by molar-refractivity contribution is 7.07. The van der Waals surface area contributed by atoms with Crippen LogP contribution in [0.3, 0.4) is 0 Å². The van der Waals surface area contributed by atoms with Crippen LogP contribution >= 0.6 is 11.5 Å². The normalized spacial score (nSPS) is 23.1. The number of ether oxygens (including phenoxy) is 1. The number of carbonyl (C=O) groups is 2. The summed E-state index contributed by atoms with van der Waals surface area (Å²) in [6.07, 6.45) is 1.53. The van der Waals surface area contributed by atoms with Crippen LogP contribution in [-0.2, 0) is 9.53 Å². The van der Waals surface area contributed by atoms with Crippen molar-refractivity contribution in [1.82, 2.24) is 14.5 Å². The Hall–Kier alpha value is -2.39. The predicted molar refractivity (Wildman–Crippen MR) is 97.2 cm³/mol. The van der Waals surface area contributed by atoms with Gasteiger partial charge in [0.05, 0.1) is 18.8 Å². The zero-order valence-electron chi connectivity index (χ0n) is 14.9. The summed E-state index contributed by atoms with van der Waals surface area (Å²) in [5.41, 5.74) is 0.634. The number of hydrogen-bond donors (Lipinski definition) is 0. The number of morpholine rings is 1. The molecule has 1 spiro atoms. The molecular weight excluding hydrogens is 371 g/mol. The van der Waals surface area contributed by atoms with E-state index in [2.05, 4.69) is 9.59 Å². The van der Waals surface area contributed by atoms with Crippen LogP contribution in [0.5, 0.6) is 0 Å². The minimum absolute atomic E-state index is 0.0550. The molecule has 27 heavy (non-hydrogen) atoms. The Bertz CT molecular complexity index is 872. The molecule has 4 rings (SSSR count). The fraction of sp³-hybridized carbons (Fsp3) is 0.444. The van der Waals surface area contributed by atoms with Gasteiger partial charge in [0.25, 0.3) is 11.8 Å². The first kappa shape index (κ1) is 18.0. The SMILES string of the molecule is Cc1nnsc1C(=O)N1CCCC2(C1)CN(c1ccc(F)cc1)C(=O)CO2. The smallest absolute Gasteiger partial charge is 0.267 e. The van der Waals surface area contributed by atoms with Gasteiger partial charge in [-0.2, -0.15) is 0 Å². The molecule has 142 valence electrons. The minimum Gasteiger partial charge on any atom is -0.361 e. The highest BCUT2D eigenvalue weighted by Gasteiger charge is 2.44. The van der Waals surface area contributed by atoms with Gasteiger partial charge in [0, 0.05) is 12.2 Å². The molecule has 0 N–H and O–H groups in total. The predicted octanol–water partition coefficient (Wildman–Crippen LogP) is 2.02. The van der Waals surface area contributed by atoms with Gasteiger partial charge >= 0.3 is 0 Å². The Morgan fingerprint density at radius 3 is 2.78 bits per heavy atom. The monoisotopic (exact) mass is 390 g/mol. The van der Waals surface area contributed by atoms with Crippen LogP contribution < -0.4 is 4.90 Å². The maximum absolute atomic E-state index is 13.2. The number of halogens is 1. The second-order valence-corrected chi connectivity index (χ2v) is 7.70. The second kappa shape index (κ2) is 6.97. The van der Waals surface area contributed by atoms with E-state index in [-0.39, 0.29) is 24.2 Å². The molecule has 3 heterocycles. The molecule has 2 fully saturated rings.